The summed E-state index contributed by atoms with van der Waals surface area (Å²) in [6, 6.07) is 5.63. The highest BCUT2D eigenvalue weighted by atomic mass is 35.7. The third kappa shape index (κ3) is 2.75. The van der Waals surface area contributed by atoms with Crippen molar-refractivity contribution in [2.24, 2.45) is 13.0 Å². The summed E-state index contributed by atoms with van der Waals surface area (Å²) in [4.78, 5) is 13.8. The number of hydrogen-bond donors (Lipinski definition) is 0. The molecule has 3 rings (SSSR count). The fraction of sp³-hybridized carbons (Fsp3) is 0.385. The number of amides is 1. The van der Waals surface area contributed by atoms with E-state index in [0.29, 0.717) is 6.54 Å². The minimum atomic E-state index is -3.60. The Labute approximate surface area is 126 Å². The summed E-state index contributed by atoms with van der Waals surface area (Å²) in [6.07, 6.45) is 1.91. The second kappa shape index (κ2) is 4.99. The maximum atomic E-state index is 12.2. The van der Waals surface area contributed by atoms with Gasteiger partial charge in [-0.25, -0.2) is 8.42 Å². The van der Waals surface area contributed by atoms with E-state index >= 15 is 0 Å². The Morgan fingerprint density at radius 2 is 2.19 bits per heavy atom. The van der Waals surface area contributed by atoms with Gasteiger partial charge in [0, 0.05) is 42.0 Å². The van der Waals surface area contributed by atoms with Crippen molar-refractivity contribution in [3.05, 3.63) is 24.4 Å². The van der Waals surface area contributed by atoms with Gasteiger partial charge in [0.05, 0.1) is 23.2 Å². The number of rotatable bonds is 3. The fourth-order valence-electron chi connectivity index (χ4n) is 2.81. The zero-order valence-corrected chi connectivity index (χ0v) is 12.9. The second-order valence-electron chi connectivity index (χ2n) is 5.26. The Kier molecular flexibility index (Phi) is 3.41. The quantitative estimate of drug-likeness (QED) is 0.801. The van der Waals surface area contributed by atoms with Crippen molar-refractivity contribution < 1.29 is 13.2 Å². The highest BCUT2D eigenvalue weighted by Gasteiger charge is 2.34. The summed E-state index contributed by atoms with van der Waals surface area (Å²) >= 11 is 0. The molecule has 0 aliphatic carbocycles. The molecule has 1 aliphatic rings. The largest absolute Gasteiger partial charge is 0.311 e. The first-order chi connectivity index (χ1) is 9.85. The molecule has 0 spiro atoms. The number of nitrogens with zero attached hydrogens (tertiary/aromatic N) is 3. The van der Waals surface area contributed by atoms with Gasteiger partial charge in [0.1, 0.15) is 0 Å². The van der Waals surface area contributed by atoms with Crippen LogP contribution in [0.5, 0.6) is 0 Å². The summed E-state index contributed by atoms with van der Waals surface area (Å²) in [5, 5.41) is 5.07. The number of fused-ring (bicyclic) bond motifs is 1. The van der Waals surface area contributed by atoms with Crippen LogP contribution >= 0.6 is 10.7 Å². The van der Waals surface area contributed by atoms with Crippen molar-refractivity contribution in [1.82, 2.24) is 9.78 Å². The van der Waals surface area contributed by atoms with Crippen LogP contribution in [0.3, 0.4) is 0 Å². The number of anilines is 1. The average Bonchev–Trinajstić information content (AvgIpc) is 2.91. The molecule has 1 unspecified atom stereocenters. The van der Waals surface area contributed by atoms with Gasteiger partial charge in [-0.1, -0.05) is 6.07 Å². The number of carbonyl (C=O) groups is 1. The van der Waals surface area contributed by atoms with Gasteiger partial charge < -0.3 is 4.90 Å². The Balaban J connectivity index is 1.94. The minimum Gasteiger partial charge on any atom is -0.311 e. The molecule has 8 heteroatoms. The molecule has 1 aromatic carbocycles. The molecule has 2 heterocycles. The number of carbonyl (C=O) groups excluding carboxylic acids is 1. The molecule has 21 heavy (non-hydrogen) atoms. The van der Waals surface area contributed by atoms with Crippen LogP contribution in [0, 0.1) is 5.92 Å². The maximum Gasteiger partial charge on any atom is 0.232 e. The number of halogens is 1. The van der Waals surface area contributed by atoms with Crippen LogP contribution in [0.1, 0.15) is 6.42 Å². The number of aromatic nitrogens is 2. The molecule has 0 radical (unpaired) electrons. The van der Waals surface area contributed by atoms with Crippen molar-refractivity contribution in [2.75, 3.05) is 17.2 Å². The molecule has 0 N–H and O–H groups in total. The van der Waals surface area contributed by atoms with E-state index in [4.69, 9.17) is 10.7 Å². The highest BCUT2D eigenvalue weighted by molar-refractivity contribution is 8.13. The van der Waals surface area contributed by atoms with Gasteiger partial charge >= 0.3 is 0 Å². The lowest BCUT2D eigenvalue weighted by atomic mass is 10.1. The molecular weight excluding hydrogens is 314 g/mol. The molecule has 0 bridgehead atoms. The first kappa shape index (κ1) is 14.3. The summed E-state index contributed by atoms with van der Waals surface area (Å²) < 4.78 is 24.1. The number of aryl methyl sites for hydroxylation is 1. The van der Waals surface area contributed by atoms with Gasteiger partial charge in [0.25, 0.3) is 0 Å². The van der Waals surface area contributed by atoms with Crippen molar-refractivity contribution >= 4 is 42.2 Å². The van der Waals surface area contributed by atoms with Crippen LogP contribution in [0.4, 0.5) is 5.69 Å². The van der Waals surface area contributed by atoms with Gasteiger partial charge in [-0.3, -0.25) is 9.48 Å². The first-order valence-electron chi connectivity index (χ1n) is 6.48. The molecule has 1 atom stereocenters. The molecule has 0 saturated carbocycles. The lowest BCUT2D eigenvalue weighted by Crippen LogP contribution is -2.25. The van der Waals surface area contributed by atoms with Crippen LogP contribution < -0.4 is 4.90 Å². The maximum absolute atomic E-state index is 12.2. The van der Waals surface area contributed by atoms with Crippen molar-refractivity contribution in [3.63, 3.8) is 0 Å². The van der Waals surface area contributed by atoms with Crippen molar-refractivity contribution in [1.29, 1.82) is 0 Å². The first-order valence-corrected chi connectivity index (χ1v) is 8.96. The Hall–Kier alpha value is -1.60. The SMILES string of the molecule is Cn1ncc2c(N3CC(CS(=O)(=O)Cl)CC3=O)cccc21. The molecule has 112 valence electrons. The monoisotopic (exact) mass is 327 g/mol. The van der Waals surface area contributed by atoms with Gasteiger partial charge in [-0.05, 0) is 12.1 Å². The van der Waals surface area contributed by atoms with E-state index in [0.717, 1.165) is 16.6 Å². The van der Waals surface area contributed by atoms with Crippen LogP contribution in [0.25, 0.3) is 10.9 Å². The topological polar surface area (TPSA) is 72.3 Å². The molecule has 6 nitrogen and oxygen atoms in total. The summed E-state index contributed by atoms with van der Waals surface area (Å²) in [5.74, 6) is -0.539. The summed E-state index contributed by atoms with van der Waals surface area (Å²) in [5.41, 5.74) is 1.69. The van der Waals surface area contributed by atoms with E-state index < -0.39 is 9.05 Å². The minimum absolute atomic E-state index is 0.0864. The second-order valence-corrected chi connectivity index (χ2v) is 8.08. The van der Waals surface area contributed by atoms with Crippen molar-refractivity contribution in [2.45, 2.75) is 6.42 Å². The Bertz CT molecular complexity index is 815. The van der Waals surface area contributed by atoms with Gasteiger partial charge in [-0.2, -0.15) is 5.10 Å². The van der Waals surface area contributed by atoms with E-state index in [9.17, 15) is 13.2 Å². The van der Waals surface area contributed by atoms with E-state index in [2.05, 4.69) is 5.10 Å². The Morgan fingerprint density at radius 1 is 1.43 bits per heavy atom. The zero-order chi connectivity index (χ0) is 15.2. The van der Waals surface area contributed by atoms with Crippen LogP contribution in [-0.2, 0) is 20.9 Å². The summed E-state index contributed by atoms with van der Waals surface area (Å²) in [6.45, 7) is 0.360. The average molecular weight is 328 g/mol. The van der Waals surface area contributed by atoms with E-state index in [1.807, 2.05) is 25.2 Å². The summed E-state index contributed by atoms with van der Waals surface area (Å²) in [7, 11) is 3.52. The van der Waals surface area contributed by atoms with E-state index in [1.54, 1.807) is 15.8 Å². The predicted octanol–water partition coefficient (Wildman–Crippen LogP) is 1.49. The standard InChI is InChI=1S/C13H14ClN3O3S/c1-16-11-3-2-4-12(10(11)6-15-16)17-7-9(5-13(17)18)8-21(14,19)20/h2-4,6,9H,5,7-8H2,1H3. The van der Waals surface area contributed by atoms with Gasteiger partial charge in [0.2, 0.25) is 15.0 Å². The highest BCUT2D eigenvalue weighted by Crippen LogP contribution is 2.32. The van der Waals surface area contributed by atoms with Crippen LogP contribution in [0.2, 0.25) is 0 Å². The molecule has 1 saturated heterocycles. The zero-order valence-electron chi connectivity index (χ0n) is 11.4. The molecule has 1 amide bonds. The van der Waals surface area contributed by atoms with E-state index in [-0.39, 0.29) is 24.0 Å². The smallest absolute Gasteiger partial charge is 0.232 e. The van der Waals surface area contributed by atoms with Gasteiger partial charge in [-0.15, -0.1) is 0 Å². The number of hydrogen-bond acceptors (Lipinski definition) is 4. The van der Waals surface area contributed by atoms with Crippen LogP contribution in [-0.4, -0.2) is 36.4 Å². The van der Waals surface area contributed by atoms with Crippen LogP contribution in [0.15, 0.2) is 24.4 Å². The fourth-order valence-corrected chi connectivity index (χ4v) is 4.13. The molecule has 1 aromatic heterocycles. The lowest BCUT2D eigenvalue weighted by molar-refractivity contribution is -0.117. The van der Waals surface area contributed by atoms with Crippen molar-refractivity contribution in [3.8, 4) is 0 Å². The normalized spacial score (nSPS) is 19.6. The third-order valence-electron chi connectivity index (χ3n) is 3.70. The van der Waals surface area contributed by atoms with E-state index in [1.165, 1.54) is 0 Å². The molecule has 1 fully saturated rings. The number of benzene rings is 1. The molecular formula is C13H14ClN3O3S. The molecule has 1 aliphatic heterocycles. The third-order valence-corrected chi connectivity index (χ3v) is 4.95. The lowest BCUT2D eigenvalue weighted by Gasteiger charge is -2.17. The predicted molar refractivity (Wildman–Crippen MR) is 80.8 cm³/mol. The molecule has 2 aromatic rings. The van der Waals surface area contributed by atoms with Gasteiger partial charge in [0.15, 0.2) is 0 Å². The Morgan fingerprint density at radius 3 is 2.90 bits per heavy atom.